The molecule has 5 nitrogen and oxygen atoms in total. The molecule has 0 aliphatic carbocycles. The van der Waals surface area contributed by atoms with E-state index < -0.39 is 5.97 Å². The van der Waals surface area contributed by atoms with Gasteiger partial charge in [-0.25, -0.2) is 4.79 Å². The highest BCUT2D eigenvalue weighted by atomic mass is 16.5. The Morgan fingerprint density at radius 1 is 1.56 bits per heavy atom. The van der Waals surface area contributed by atoms with Gasteiger partial charge in [-0.05, 0) is 18.3 Å². The predicted molar refractivity (Wildman–Crippen MR) is 69.6 cm³/mol. The molecule has 0 amide bonds. The Balaban J connectivity index is 2.52. The lowest BCUT2D eigenvalue weighted by atomic mass is 9.82. The number of carbonyl (C=O) groups is 1. The number of hydrogen-bond donors (Lipinski definition) is 1. The zero-order valence-electron chi connectivity index (χ0n) is 11.7. The minimum Gasteiger partial charge on any atom is -0.461 e. The van der Waals surface area contributed by atoms with Crippen molar-refractivity contribution in [3.63, 3.8) is 0 Å². The van der Waals surface area contributed by atoms with Crippen molar-refractivity contribution in [3.05, 3.63) is 12.0 Å². The number of esters is 1. The molecular formula is C13H22N2O3. The maximum absolute atomic E-state index is 11.4. The topological polar surface area (TPSA) is 64.4 Å². The van der Waals surface area contributed by atoms with Crippen LogP contribution >= 0.6 is 0 Å². The summed E-state index contributed by atoms with van der Waals surface area (Å²) in [5, 5.41) is 3.08. The standard InChI is InChI=1S/C13H22N2O3/c1-6-17-11(16)10-8-18-12(15-10)14-7-9(2)13(3,4)5/h8-9H,6-7H2,1-5H3,(H,14,15). The van der Waals surface area contributed by atoms with Gasteiger partial charge in [0.2, 0.25) is 0 Å². The Morgan fingerprint density at radius 3 is 2.78 bits per heavy atom. The van der Waals surface area contributed by atoms with E-state index in [1.807, 2.05) is 0 Å². The quantitative estimate of drug-likeness (QED) is 0.818. The summed E-state index contributed by atoms with van der Waals surface area (Å²) in [7, 11) is 0. The average Bonchev–Trinajstić information content (AvgIpc) is 2.73. The number of ether oxygens (including phenoxy) is 1. The van der Waals surface area contributed by atoms with Crippen molar-refractivity contribution in [1.29, 1.82) is 0 Å². The zero-order chi connectivity index (χ0) is 13.8. The molecule has 1 N–H and O–H groups in total. The van der Waals surface area contributed by atoms with Gasteiger partial charge in [-0.1, -0.05) is 27.7 Å². The Morgan fingerprint density at radius 2 is 2.22 bits per heavy atom. The van der Waals surface area contributed by atoms with Gasteiger partial charge in [-0.2, -0.15) is 4.98 Å². The molecule has 1 atom stereocenters. The molecule has 18 heavy (non-hydrogen) atoms. The van der Waals surface area contributed by atoms with Gasteiger partial charge >= 0.3 is 5.97 Å². The van der Waals surface area contributed by atoms with Gasteiger partial charge < -0.3 is 14.5 Å². The number of hydrogen-bond acceptors (Lipinski definition) is 5. The second-order valence-electron chi connectivity index (χ2n) is 5.41. The largest absolute Gasteiger partial charge is 0.461 e. The monoisotopic (exact) mass is 254 g/mol. The number of oxazole rings is 1. The number of nitrogens with one attached hydrogen (secondary N) is 1. The maximum Gasteiger partial charge on any atom is 0.360 e. The molecule has 0 saturated carbocycles. The lowest BCUT2D eigenvalue weighted by molar-refractivity contribution is 0.0519. The summed E-state index contributed by atoms with van der Waals surface area (Å²) in [6.07, 6.45) is 1.31. The summed E-state index contributed by atoms with van der Waals surface area (Å²) in [6.45, 7) is 11.5. The minimum atomic E-state index is -0.460. The fourth-order valence-corrected chi connectivity index (χ4v) is 1.20. The SMILES string of the molecule is CCOC(=O)c1coc(NCC(C)C(C)(C)C)n1. The molecule has 0 fully saturated rings. The number of nitrogens with zero attached hydrogens (tertiary/aromatic N) is 1. The van der Waals surface area contributed by atoms with E-state index >= 15 is 0 Å². The first-order chi connectivity index (χ1) is 8.34. The van der Waals surface area contributed by atoms with Crippen molar-refractivity contribution < 1.29 is 13.9 Å². The van der Waals surface area contributed by atoms with E-state index in [0.29, 0.717) is 18.5 Å². The Hall–Kier alpha value is -1.52. The smallest absolute Gasteiger partial charge is 0.360 e. The molecule has 0 saturated heterocycles. The highest BCUT2D eigenvalue weighted by molar-refractivity contribution is 5.87. The van der Waals surface area contributed by atoms with Crippen LogP contribution in [0.2, 0.25) is 0 Å². The van der Waals surface area contributed by atoms with E-state index in [1.54, 1.807) is 6.92 Å². The van der Waals surface area contributed by atoms with Crippen LogP contribution in [-0.4, -0.2) is 24.1 Å². The van der Waals surface area contributed by atoms with Crippen LogP contribution in [0.1, 0.15) is 45.1 Å². The molecule has 102 valence electrons. The molecule has 0 bridgehead atoms. The number of aromatic nitrogens is 1. The first kappa shape index (κ1) is 14.5. The van der Waals surface area contributed by atoms with Crippen LogP contribution < -0.4 is 5.32 Å². The van der Waals surface area contributed by atoms with Crippen molar-refractivity contribution >= 4 is 12.0 Å². The minimum absolute atomic E-state index is 0.197. The molecule has 1 aromatic rings. The van der Waals surface area contributed by atoms with Crippen molar-refractivity contribution in [1.82, 2.24) is 4.98 Å². The van der Waals surface area contributed by atoms with Gasteiger partial charge in [0.25, 0.3) is 6.01 Å². The molecule has 1 heterocycles. The van der Waals surface area contributed by atoms with Gasteiger partial charge in [-0.15, -0.1) is 0 Å². The van der Waals surface area contributed by atoms with E-state index in [2.05, 4.69) is 38.0 Å². The number of rotatable bonds is 5. The lowest BCUT2D eigenvalue weighted by Gasteiger charge is -2.26. The fourth-order valence-electron chi connectivity index (χ4n) is 1.20. The molecule has 1 rings (SSSR count). The summed E-state index contributed by atoms with van der Waals surface area (Å²) in [5.74, 6) is -0.00591. The molecule has 0 radical (unpaired) electrons. The van der Waals surface area contributed by atoms with E-state index in [-0.39, 0.29) is 11.1 Å². The molecule has 0 aromatic carbocycles. The predicted octanol–water partition coefficient (Wildman–Crippen LogP) is 2.95. The third-order valence-electron chi connectivity index (χ3n) is 3.03. The third-order valence-corrected chi connectivity index (χ3v) is 3.03. The molecule has 0 aliphatic heterocycles. The van der Waals surface area contributed by atoms with Crippen LogP contribution in [0.25, 0.3) is 0 Å². The maximum atomic E-state index is 11.4. The molecule has 0 aliphatic rings. The highest BCUT2D eigenvalue weighted by Gasteiger charge is 2.20. The molecular weight excluding hydrogens is 232 g/mol. The van der Waals surface area contributed by atoms with Crippen LogP contribution in [0.5, 0.6) is 0 Å². The van der Waals surface area contributed by atoms with Crippen LogP contribution in [0.4, 0.5) is 6.01 Å². The van der Waals surface area contributed by atoms with Crippen LogP contribution in [-0.2, 0) is 4.74 Å². The normalized spacial score (nSPS) is 13.2. The molecule has 1 aromatic heterocycles. The van der Waals surface area contributed by atoms with Crippen molar-refractivity contribution in [2.45, 2.75) is 34.6 Å². The van der Waals surface area contributed by atoms with Crippen LogP contribution in [0.3, 0.4) is 0 Å². The van der Waals surface area contributed by atoms with Crippen molar-refractivity contribution in [3.8, 4) is 0 Å². The number of anilines is 1. The van der Waals surface area contributed by atoms with Crippen molar-refractivity contribution in [2.24, 2.45) is 11.3 Å². The Labute approximate surface area is 108 Å². The van der Waals surface area contributed by atoms with E-state index in [0.717, 1.165) is 6.54 Å². The summed E-state index contributed by atoms with van der Waals surface area (Å²) in [5.41, 5.74) is 0.409. The first-order valence-corrected chi connectivity index (χ1v) is 6.21. The summed E-state index contributed by atoms with van der Waals surface area (Å²) in [6, 6.07) is 0.356. The van der Waals surface area contributed by atoms with Gasteiger partial charge in [0, 0.05) is 6.54 Å². The summed E-state index contributed by atoms with van der Waals surface area (Å²) < 4.78 is 10.0. The lowest BCUT2D eigenvalue weighted by Crippen LogP contribution is -2.24. The van der Waals surface area contributed by atoms with E-state index in [1.165, 1.54) is 6.26 Å². The first-order valence-electron chi connectivity index (χ1n) is 6.21. The summed E-state index contributed by atoms with van der Waals surface area (Å²) in [4.78, 5) is 15.4. The van der Waals surface area contributed by atoms with E-state index in [9.17, 15) is 4.79 Å². The third kappa shape index (κ3) is 4.05. The molecule has 5 heteroatoms. The second kappa shape index (κ2) is 5.89. The summed E-state index contributed by atoms with van der Waals surface area (Å²) >= 11 is 0. The van der Waals surface area contributed by atoms with Gasteiger partial charge in [-0.3, -0.25) is 0 Å². The van der Waals surface area contributed by atoms with Crippen molar-refractivity contribution in [2.75, 3.05) is 18.5 Å². The second-order valence-corrected chi connectivity index (χ2v) is 5.41. The highest BCUT2D eigenvalue weighted by Crippen LogP contribution is 2.25. The average molecular weight is 254 g/mol. The van der Waals surface area contributed by atoms with Gasteiger partial charge in [0.1, 0.15) is 6.26 Å². The number of carbonyl (C=O) groups excluding carboxylic acids is 1. The Bertz CT molecular complexity index is 393. The van der Waals surface area contributed by atoms with Crippen LogP contribution in [0, 0.1) is 11.3 Å². The van der Waals surface area contributed by atoms with E-state index in [4.69, 9.17) is 9.15 Å². The van der Waals surface area contributed by atoms with Crippen LogP contribution in [0.15, 0.2) is 10.7 Å². The molecule has 1 unspecified atom stereocenters. The zero-order valence-corrected chi connectivity index (χ0v) is 11.7. The molecule has 0 spiro atoms. The Kier molecular flexibility index (Phi) is 4.76. The fraction of sp³-hybridized carbons (Fsp3) is 0.692. The van der Waals surface area contributed by atoms with Gasteiger partial charge in [0.05, 0.1) is 6.61 Å². The van der Waals surface area contributed by atoms with Gasteiger partial charge in [0.15, 0.2) is 5.69 Å².